The van der Waals surface area contributed by atoms with E-state index in [2.05, 4.69) is 4.98 Å². The van der Waals surface area contributed by atoms with Crippen LogP contribution in [0.15, 0.2) is 18.2 Å². The monoisotopic (exact) mass is 243 g/mol. The van der Waals surface area contributed by atoms with Gasteiger partial charge in [-0.1, -0.05) is 0 Å². The Morgan fingerprint density at radius 3 is 2.88 bits per heavy atom. The minimum Gasteiger partial charge on any atom is -0.485 e. The number of rotatable bonds is 5. The van der Waals surface area contributed by atoms with Crippen molar-refractivity contribution in [3.05, 3.63) is 29.6 Å². The number of nitrogens with zero attached hydrogens (tertiary/aromatic N) is 1. The van der Waals surface area contributed by atoms with E-state index in [4.69, 9.17) is 9.84 Å². The Morgan fingerprint density at radius 2 is 2.29 bits per heavy atom. The van der Waals surface area contributed by atoms with E-state index in [1.54, 1.807) is 13.0 Å². The van der Waals surface area contributed by atoms with Crippen LogP contribution in [0.2, 0.25) is 0 Å². The number of halogens is 2. The number of aryl methyl sites for hydroxylation is 1. The summed E-state index contributed by atoms with van der Waals surface area (Å²) in [5, 5.41) is 8.48. The van der Waals surface area contributed by atoms with Gasteiger partial charge in [0.15, 0.2) is 0 Å². The van der Waals surface area contributed by atoms with Crippen molar-refractivity contribution in [3.8, 4) is 5.75 Å². The van der Waals surface area contributed by atoms with E-state index in [1.807, 2.05) is 0 Å². The van der Waals surface area contributed by atoms with Crippen molar-refractivity contribution < 1.29 is 23.4 Å². The predicted octanol–water partition coefficient (Wildman–Crippen LogP) is 2.13. The Balaban J connectivity index is 2.91. The third kappa shape index (κ3) is 4.58. The van der Waals surface area contributed by atoms with Gasteiger partial charge >= 0.3 is 5.97 Å². The molecule has 1 N–H and O–H groups in total. The highest BCUT2D eigenvalue weighted by molar-refractivity contribution is 5.85. The van der Waals surface area contributed by atoms with E-state index in [0.29, 0.717) is 5.69 Å². The van der Waals surface area contributed by atoms with Gasteiger partial charge < -0.3 is 9.84 Å². The van der Waals surface area contributed by atoms with Crippen LogP contribution in [0.4, 0.5) is 8.78 Å². The molecule has 0 aliphatic heterocycles. The quantitative estimate of drug-likeness (QED) is 0.805. The first kappa shape index (κ1) is 13.1. The number of aromatic nitrogens is 1. The summed E-state index contributed by atoms with van der Waals surface area (Å²) in [4.78, 5) is 14.4. The van der Waals surface area contributed by atoms with Crippen LogP contribution in [0.1, 0.15) is 11.4 Å². The molecule has 6 heteroatoms. The molecule has 1 rings (SSSR count). The first-order valence-electron chi connectivity index (χ1n) is 4.78. The third-order valence-corrected chi connectivity index (χ3v) is 1.77. The number of carbonyl (C=O) groups is 1. The first-order chi connectivity index (χ1) is 7.99. The minimum atomic E-state index is -2.59. The lowest BCUT2D eigenvalue weighted by atomic mass is 10.2. The molecule has 0 bridgehead atoms. The fourth-order valence-electron chi connectivity index (χ4n) is 1.11. The molecule has 1 aromatic heterocycles. The molecule has 17 heavy (non-hydrogen) atoms. The number of carboxylic acids is 1. The summed E-state index contributed by atoms with van der Waals surface area (Å²) in [6.07, 6.45) is -0.514. The van der Waals surface area contributed by atoms with E-state index in [9.17, 15) is 13.6 Å². The molecule has 1 aromatic rings. The van der Waals surface area contributed by atoms with Gasteiger partial charge in [0.05, 0.1) is 0 Å². The molecule has 0 aliphatic carbocycles. The summed E-state index contributed by atoms with van der Waals surface area (Å²) < 4.78 is 28.8. The second kappa shape index (κ2) is 5.93. The summed E-state index contributed by atoms with van der Waals surface area (Å²) in [6.45, 7) is 0.952. The van der Waals surface area contributed by atoms with Crippen molar-refractivity contribution in [2.24, 2.45) is 0 Å². The van der Waals surface area contributed by atoms with Crippen molar-refractivity contribution >= 4 is 12.0 Å². The second-order valence-corrected chi connectivity index (χ2v) is 3.21. The van der Waals surface area contributed by atoms with Crippen molar-refractivity contribution in [2.75, 3.05) is 6.61 Å². The Morgan fingerprint density at radius 1 is 1.59 bits per heavy atom. The zero-order valence-corrected chi connectivity index (χ0v) is 9.06. The number of hydrogen-bond donors (Lipinski definition) is 1. The summed E-state index contributed by atoms with van der Waals surface area (Å²) >= 11 is 0. The summed E-state index contributed by atoms with van der Waals surface area (Å²) in [7, 11) is 0. The molecule has 0 aliphatic rings. The Hall–Kier alpha value is -1.98. The smallest absolute Gasteiger partial charge is 0.328 e. The number of hydrogen-bond acceptors (Lipinski definition) is 3. The normalized spacial score (nSPS) is 11.1. The SMILES string of the molecule is Cc1ccc(OCC(F)F)c(C=CC(=O)O)n1. The summed E-state index contributed by atoms with van der Waals surface area (Å²) in [5.74, 6) is -1.01. The van der Waals surface area contributed by atoms with Crippen LogP contribution >= 0.6 is 0 Å². The van der Waals surface area contributed by atoms with Gasteiger partial charge in [-0.05, 0) is 25.1 Å². The van der Waals surface area contributed by atoms with Crippen LogP contribution in [0, 0.1) is 6.92 Å². The molecular weight excluding hydrogens is 232 g/mol. The van der Waals surface area contributed by atoms with Gasteiger partial charge in [0.25, 0.3) is 6.43 Å². The maximum atomic E-state index is 12.0. The van der Waals surface area contributed by atoms with Gasteiger partial charge in [-0.15, -0.1) is 0 Å². The van der Waals surface area contributed by atoms with Crippen LogP contribution in [-0.2, 0) is 4.79 Å². The second-order valence-electron chi connectivity index (χ2n) is 3.21. The largest absolute Gasteiger partial charge is 0.485 e. The van der Waals surface area contributed by atoms with E-state index in [1.165, 1.54) is 12.1 Å². The lowest BCUT2D eigenvalue weighted by Crippen LogP contribution is -2.08. The molecule has 0 atom stereocenters. The first-order valence-corrected chi connectivity index (χ1v) is 4.78. The predicted molar refractivity (Wildman–Crippen MR) is 57.1 cm³/mol. The molecule has 0 aromatic carbocycles. The maximum Gasteiger partial charge on any atom is 0.328 e. The van der Waals surface area contributed by atoms with E-state index in [-0.39, 0.29) is 11.4 Å². The zero-order chi connectivity index (χ0) is 12.8. The topological polar surface area (TPSA) is 59.4 Å². The Labute approximate surface area is 96.6 Å². The summed E-state index contributed by atoms with van der Waals surface area (Å²) in [6, 6.07) is 3.07. The Bertz CT molecular complexity index is 433. The molecular formula is C11H11F2NO3. The van der Waals surface area contributed by atoms with Gasteiger partial charge in [-0.2, -0.15) is 0 Å². The van der Waals surface area contributed by atoms with E-state index < -0.39 is 19.0 Å². The van der Waals surface area contributed by atoms with Crippen LogP contribution < -0.4 is 4.74 Å². The maximum absolute atomic E-state index is 12.0. The van der Waals surface area contributed by atoms with Crippen LogP contribution in [-0.4, -0.2) is 29.1 Å². The summed E-state index contributed by atoms with van der Waals surface area (Å²) in [5.41, 5.74) is 0.854. The van der Waals surface area contributed by atoms with Crippen molar-refractivity contribution in [1.29, 1.82) is 0 Å². The lowest BCUT2D eigenvalue weighted by Gasteiger charge is -2.08. The van der Waals surface area contributed by atoms with Crippen molar-refractivity contribution in [3.63, 3.8) is 0 Å². The molecule has 92 valence electrons. The standard InChI is InChI=1S/C11H11F2NO3/c1-7-2-4-9(17-6-10(12)13)8(14-7)3-5-11(15)16/h2-5,10H,6H2,1H3,(H,15,16). The number of aliphatic carboxylic acids is 1. The molecule has 0 fully saturated rings. The van der Waals surface area contributed by atoms with Crippen molar-refractivity contribution in [2.45, 2.75) is 13.3 Å². The number of ether oxygens (including phenoxy) is 1. The van der Waals surface area contributed by atoms with E-state index in [0.717, 1.165) is 6.08 Å². The average molecular weight is 243 g/mol. The molecule has 4 nitrogen and oxygen atoms in total. The number of carboxylic acid groups (broad SMARTS) is 1. The number of alkyl halides is 2. The van der Waals surface area contributed by atoms with Gasteiger partial charge in [0.1, 0.15) is 18.1 Å². The highest BCUT2D eigenvalue weighted by atomic mass is 19.3. The molecule has 0 saturated heterocycles. The van der Waals surface area contributed by atoms with Crippen LogP contribution in [0.25, 0.3) is 6.08 Å². The zero-order valence-electron chi connectivity index (χ0n) is 9.06. The van der Waals surface area contributed by atoms with Gasteiger partial charge in [-0.25, -0.2) is 18.6 Å². The van der Waals surface area contributed by atoms with Crippen LogP contribution in [0.5, 0.6) is 5.75 Å². The molecule has 0 spiro atoms. The number of pyridine rings is 1. The third-order valence-electron chi connectivity index (χ3n) is 1.77. The lowest BCUT2D eigenvalue weighted by molar-refractivity contribution is -0.131. The fourth-order valence-corrected chi connectivity index (χ4v) is 1.11. The van der Waals surface area contributed by atoms with Gasteiger partial charge in [0, 0.05) is 11.8 Å². The minimum absolute atomic E-state index is 0.133. The van der Waals surface area contributed by atoms with Crippen molar-refractivity contribution in [1.82, 2.24) is 4.98 Å². The molecule has 0 radical (unpaired) electrons. The molecule has 0 unspecified atom stereocenters. The average Bonchev–Trinajstić information content (AvgIpc) is 2.24. The Kier molecular flexibility index (Phi) is 4.56. The highest BCUT2D eigenvalue weighted by Crippen LogP contribution is 2.19. The molecule has 1 heterocycles. The van der Waals surface area contributed by atoms with Gasteiger partial charge in [0.2, 0.25) is 0 Å². The van der Waals surface area contributed by atoms with Crippen LogP contribution in [0.3, 0.4) is 0 Å². The fraction of sp³-hybridized carbons (Fsp3) is 0.273. The van der Waals surface area contributed by atoms with Gasteiger partial charge in [-0.3, -0.25) is 0 Å². The van der Waals surface area contributed by atoms with E-state index >= 15 is 0 Å². The highest BCUT2D eigenvalue weighted by Gasteiger charge is 2.07. The molecule has 0 saturated carbocycles. The molecule has 0 amide bonds.